The number of benzene rings is 1. The van der Waals surface area contributed by atoms with Gasteiger partial charge in [0.05, 0.1) is 12.7 Å². The van der Waals surface area contributed by atoms with Crippen molar-refractivity contribution in [1.29, 1.82) is 0 Å². The van der Waals surface area contributed by atoms with Gasteiger partial charge in [-0.25, -0.2) is 0 Å². The number of rotatable bonds is 8. The first-order chi connectivity index (χ1) is 19.2. The SMILES string of the molecule is COc1cscc1C(=O)N1CC2CN(CCCN(C(=O)C3CCN(C(C)=O)CC3)c3ccc(C)c(Cl)c3)CC2C1. The van der Waals surface area contributed by atoms with Crippen molar-refractivity contribution in [3.8, 4) is 5.75 Å². The average Bonchev–Trinajstić information content (AvgIpc) is 3.67. The van der Waals surface area contributed by atoms with Crippen molar-refractivity contribution >= 4 is 46.3 Å². The fourth-order valence-corrected chi connectivity index (χ4v) is 7.38. The molecule has 2 aromatic rings. The van der Waals surface area contributed by atoms with Crippen LogP contribution in [0.5, 0.6) is 5.75 Å². The van der Waals surface area contributed by atoms with Crippen molar-refractivity contribution in [2.24, 2.45) is 17.8 Å². The summed E-state index contributed by atoms with van der Waals surface area (Å²) in [5, 5.41) is 4.41. The molecule has 2 atom stereocenters. The number of likely N-dealkylation sites (tertiary alicyclic amines) is 3. The highest BCUT2D eigenvalue weighted by molar-refractivity contribution is 7.08. The first kappa shape index (κ1) is 28.9. The van der Waals surface area contributed by atoms with Gasteiger partial charge in [-0.3, -0.25) is 14.4 Å². The smallest absolute Gasteiger partial charge is 0.258 e. The third kappa shape index (κ3) is 6.16. The Hall–Kier alpha value is -2.62. The number of aryl methyl sites for hydroxylation is 1. The number of halogens is 1. The number of hydrogen-bond acceptors (Lipinski definition) is 6. The molecular formula is C30H39ClN4O4S. The molecule has 216 valence electrons. The van der Waals surface area contributed by atoms with Gasteiger partial charge in [-0.1, -0.05) is 17.7 Å². The maximum absolute atomic E-state index is 13.7. The number of amides is 3. The second-order valence-electron chi connectivity index (χ2n) is 11.4. The van der Waals surface area contributed by atoms with E-state index in [4.69, 9.17) is 16.3 Å². The summed E-state index contributed by atoms with van der Waals surface area (Å²) in [6, 6.07) is 5.85. The van der Waals surface area contributed by atoms with Gasteiger partial charge in [0, 0.05) is 80.1 Å². The Labute approximate surface area is 245 Å². The zero-order chi connectivity index (χ0) is 28.4. The summed E-state index contributed by atoms with van der Waals surface area (Å²) in [5.41, 5.74) is 2.49. The quantitative estimate of drug-likeness (QED) is 0.458. The maximum atomic E-state index is 13.7. The van der Waals surface area contributed by atoms with Gasteiger partial charge in [-0.05, 0) is 62.3 Å². The Morgan fingerprint density at radius 1 is 1.05 bits per heavy atom. The predicted molar refractivity (Wildman–Crippen MR) is 158 cm³/mol. The summed E-state index contributed by atoms with van der Waals surface area (Å²) >= 11 is 7.94. The van der Waals surface area contributed by atoms with E-state index < -0.39 is 0 Å². The number of carbonyl (C=O) groups excluding carboxylic acids is 3. The molecule has 3 aliphatic heterocycles. The van der Waals surface area contributed by atoms with Crippen molar-refractivity contribution in [3.05, 3.63) is 45.1 Å². The molecule has 3 fully saturated rings. The summed E-state index contributed by atoms with van der Waals surface area (Å²) in [5.74, 6) is 1.79. The van der Waals surface area contributed by atoms with E-state index in [1.54, 1.807) is 14.0 Å². The van der Waals surface area contributed by atoms with Gasteiger partial charge in [0.15, 0.2) is 0 Å². The standard InChI is InChI=1S/C30H39ClN4O4S/c1-20-5-6-25(13-27(20)31)35(29(37)22-7-11-33(12-8-22)21(2)36)10-4-9-32-14-23-16-34(17-24(23)15-32)30(38)26-18-40-19-28(26)39-3/h5-6,13,18-19,22-24H,4,7-12,14-17H2,1-3H3. The van der Waals surface area contributed by atoms with E-state index in [0.29, 0.717) is 60.6 Å². The highest BCUT2D eigenvalue weighted by atomic mass is 35.5. The van der Waals surface area contributed by atoms with E-state index in [9.17, 15) is 14.4 Å². The van der Waals surface area contributed by atoms with Crippen LogP contribution < -0.4 is 9.64 Å². The third-order valence-corrected chi connectivity index (χ3v) is 9.93. The van der Waals surface area contributed by atoms with Crippen LogP contribution in [0.25, 0.3) is 0 Å². The molecule has 40 heavy (non-hydrogen) atoms. The highest BCUT2D eigenvalue weighted by Gasteiger charge is 2.42. The summed E-state index contributed by atoms with van der Waals surface area (Å²) in [6.45, 7) is 9.86. The van der Waals surface area contributed by atoms with Gasteiger partial charge in [0.1, 0.15) is 5.75 Å². The molecule has 0 radical (unpaired) electrons. The van der Waals surface area contributed by atoms with Crippen LogP contribution in [0.15, 0.2) is 29.0 Å². The lowest BCUT2D eigenvalue weighted by atomic mass is 9.94. The molecule has 0 spiro atoms. The van der Waals surface area contributed by atoms with E-state index in [2.05, 4.69) is 4.90 Å². The Morgan fingerprint density at radius 3 is 2.38 bits per heavy atom. The average molecular weight is 587 g/mol. The van der Waals surface area contributed by atoms with E-state index in [0.717, 1.165) is 50.4 Å². The van der Waals surface area contributed by atoms with Crippen LogP contribution >= 0.6 is 22.9 Å². The van der Waals surface area contributed by atoms with Crippen molar-refractivity contribution in [2.75, 3.05) is 64.4 Å². The molecular weight excluding hydrogens is 548 g/mol. The van der Waals surface area contributed by atoms with Crippen LogP contribution in [-0.4, -0.2) is 91.9 Å². The molecule has 4 heterocycles. The number of carbonyl (C=O) groups is 3. The van der Waals surface area contributed by atoms with Gasteiger partial charge in [-0.15, -0.1) is 11.3 Å². The zero-order valence-corrected chi connectivity index (χ0v) is 25.2. The number of thiophene rings is 1. The molecule has 1 aromatic heterocycles. The molecule has 3 aliphatic rings. The molecule has 0 bridgehead atoms. The minimum atomic E-state index is -0.0906. The number of hydrogen-bond donors (Lipinski definition) is 0. The summed E-state index contributed by atoms with van der Waals surface area (Å²) in [6.07, 6.45) is 2.24. The Balaban J connectivity index is 1.16. The van der Waals surface area contributed by atoms with Gasteiger partial charge >= 0.3 is 0 Å². The monoisotopic (exact) mass is 586 g/mol. The van der Waals surface area contributed by atoms with Crippen LogP contribution in [0.2, 0.25) is 5.02 Å². The largest absolute Gasteiger partial charge is 0.495 e. The topological polar surface area (TPSA) is 73.4 Å². The van der Waals surface area contributed by atoms with Crippen LogP contribution in [-0.2, 0) is 9.59 Å². The number of piperidine rings is 1. The maximum Gasteiger partial charge on any atom is 0.258 e. The van der Waals surface area contributed by atoms with E-state index in [1.165, 1.54) is 11.3 Å². The predicted octanol–water partition coefficient (Wildman–Crippen LogP) is 4.40. The number of nitrogens with zero attached hydrogens (tertiary/aromatic N) is 4. The second-order valence-corrected chi connectivity index (χ2v) is 12.6. The first-order valence-corrected chi connectivity index (χ1v) is 15.5. The molecule has 3 saturated heterocycles. The molecule has 0 aliphatic carbocycles. The van der Waals surface area contributed by atoms with Crippen LogP contribution in [0, 0.1) is 24.7 Å². The highest BCUT2D eigenvalue weighted by Crippen LogP contribution is 2.34. The lowest BCUT2D eigenvalue weighted by Crippen LogP contribution is -2.44. The lowest BCUT2D eigenvalue weighted by Gasteiger charge is -2.34. The van der Waals surface area contributed by atoms with Gasteiger partial charge in [0.25, 0.3) is 5.91 Å². The molecule has 0 saturated carbocycles. The van der Waals surface area contributed by atoms with E-state index in [1.807, 2.05) is 50.6 Å². The van der Waals surface area contributed by atoms with E-state index >= 15 is 0 Å². The summed E-state index contributed by atoms with van der Waals surface area (Å²) in [4.78, 5) is 46.7. The fraction of sp³-hybridized carbons (Fsp3) is 0.567. The minimum absolute atomic E-state index is 0.0686. The molecule has 0 N–H and O–H groups in total. The number of methoxy groups -OCH3 is 1. The van der Waals surface area contributed by atoms with Crippen LogP contribution in [0.4, 0.5) is 5.69 Å². The fourth-order valence-electron chi connectivity index (χ4n) is 6.44. The van der Waals surface area contributed by atoms with Crippen molar-refractivity contribution in [3.63, 3.8) is 0 Å². The lowest BCUT2D eigenvalue weighted by molar-refractivity contribution is -0.133. The van der Waals surface area contributed by atoms with Crippen molar-refractivity contribution in [2.45, 2.75) is 33.1 Å². The molecule has 2 unspecified atom stereocenters. The molecule has 8 nitrogen and oxygen atoms in total. The second kappa shape index (κ2) is 12.5. The Morgan fingerprint density at radius 2 is 1.75 bits per heavy atom. The molecule has 10 heteroatoms. The third-order valence-electron chi connectivity index (χ3n) is 8.80. The number of ether oxygens (including phenoxy) is 1. The van der Waals surface area contributed by atoms with E-state index in [-0.39, 0.29) is 23.6 Å². The summed E-state index contributed by atoms with van der Waals surface area (Å²) in [7, 11) is 1.61. The zero-order valence-electron chi connectivity index (χ0n) is 23.6. The first-order valence-electron chi connectivity index (χ1n) is 14.2. The number of fused-ring (bicyclic) bond motifs is 1. The Kier molecular flexibility index (Phi) is 9.02. The summed E-state index contributed by atoms with van der Waals surface area (Å²) < 4.78 is 5.36. The Bertz CT molecular complexity index is 1230. The molecule has 5 rings (SSSR count). The van der Waals surface area contributed by atoms with Crippen LogP contribution in [0.3, 0.4) is 0 Å². The van der Waals surface area contributed by atoms with Gasteiger partial charge in [-0.2, -0.15) is 0 Å². The van der Waals surface area contributed by atoms with Crippen molar-refractivity contribution in [1.82, 2.24) is 14.7 Å². The number of anilines is 1. The molecule has 3 amide bonds. The normalized spacial score (nSPS) is 21.5. The molecule has 1 aromatic carbocycles. The van der Waals surface area contributed by atoms with Crippen LogP contribution in [0.1, 0.15) is 42.1 Å². The van der Waals surface area contributed by atoms with Gasteiger partial charge in [0.2, 0.25) is 11.8 Å². The van der Waals surface area contributed by atoms with Crippen molar-refractivity contribution < 1.29 is 19.1 Å². The van der Waals surface area contributed by atoms with Gasteiger partial charge < -0.3 is 24.3 Å². The minimum Gasteiger partial charge on any atom is -0.495 e.